The molecule has 2 atom stereocenters. The lowest BCUT2D eigenvalue weighted by atomic mass is 10.2. The molecule has 1 unspecified atom stereocenters. The number of hydrogen-bond donors (Lipinski definition) is 2. The number of nitrogens with one attached hydrogen (secondary N) is 2. The van der Waals surface area contributed by atoms with Crippen molar-refractivity contribution in [3.05, 3.63) is 59.9 Å². The zero-order valence-corrected chi connectivity index (χ0v) is 13.7. The Morgan fingerprint density at radius 1 is 1.39 bits per heavy atom. The van der Waals surface area contributed by atoms with Crippen molar-refractivity contribution < 1.29 is 9.53 Å². The molecule has 6 heteroatoms. The van der Waals surface area contributed by atoms with Gasteiger partial charge >= 0.3 is 0 Å². The van der Waals surface area contributed by atoms with E-state index < -0.39 is 0 Å². The predicted molar refractivity (Wildman–Crippen MR) is 91.2 cm³/mol. The number of benzene rings is 1. The van der Waals surface area contributed by atoms with Crippen LogP contribution in [0.4, 0.5) is 0 Å². The van der Waals surface area contributed by atoms with E-state index in [1.807, 2.05) is 42.6 Å². The summed E-state index contributed by atoms with van der Waals surface area (Å²) >= 11 is 1.73. The highest BCUT2D eigenvalue weighted by Gasteiger charge is 2.30. The Bertz CT molecular complexity index is 649. The highest BCUT2D eigenvalue weighted by Crippen LogP contribution is 2.32. The van der Waals surface area contributed by atoms with Crippen LogP contribution in [0, 0.1) is 0 Å². The normalized spacial score (nSPS) is 20.2. The van der Waals surface area contributed by atoms with Gasteiger partial charge in [0.25, 0.3) is 0 Å². The molecule has 0 saturated carbocycles. The molecule has 1 saturated heterocycles. The van der Waals surface area contributed by atoms with Gasteiger partial charge in [0.1, 0.15) is 5.75 Å². The summed E-state index contributed by atoms with van der Waals surface area (Å²) in [6, 6.07) is 11.4. The topological polar surface area (TPSA) is 63.2 Å². The Morgan fingerprint density at radius 3 is 2.91 bits per heavy atom. The highest BCUT2D eigenvalue weighted by molar-refractivity contribution is 7.99. The maximum absolute atomic E-state index is 12.3. The summed E-state index contributed by atoms with van der Waals surface area (Å²) in [5.74, 6) is 1.60. The van der Waals surface area contributed by atoms with Crippen LogP contribution in [0.1, 0.15) is 16.5 Å². The van der Waals surface area contributed by atoms with Gasteiger partial charge in [0.15, 0.2) is 0 Å². The van der Waals surface area contributed by atoms with Gasteiger partial charge in [-0.05, 0) is 29.3 Å². The minimum absolute atomic E-state index is 0.0275. The van der Waals surface area contributed by atoms with E-state index >= 15 is 0 Å². The van der Waals surface area contributed by atoms with Crippen molar-refractivity contribution in [3.8, 4) is 5.75 Å². The number of carbonyl (C=O) groups excluding carboxylic acids is 1. The molecule has 1 fully saturated rings. The van der Waals surface area contributed by atoms with E-state index in [1.54, 1.807) is 25.1 Å². The predicted octanol–water partition coefficient (Wildman–Crippen LogP) is 2.11. The quantitative estimate of drug-likeness (QED) is 0.880. The van der Waals surface area contributed by atoms with Crippen LogP contribution in [-0.4, -0.2) is 29.8 Å². The molecular weight excluding hydrogens is 310 g/mol. The first-order valence-corrected chi connectivity index (χ1v) is 8.49. The number of thioether (sulfide) groups is 1. The average Bonchev–Trinajstić information content (AvgIpc) is 3.11. The van der Waals surface area contributed by atoms with Crippen LogP contribution in [0.3, 0.4) is 0 Å². The standard InChI is InChI=1S/C17H19N3O2S/c1-22-14-6-4-12(5-7-14)9-19-16(21)15-11-23-17(20-15)13-3-2-8-18-10-13/h2-8,10,15,17,20H,9,11H2,1H3,(H,19,21)/t15-,17?/m0/s1. The van der Waals surface area contributed by atoms with Crippen molar-refractivity contribution in [1.29, 1.82) is 0 Å². The molecule has 0 aliphatic carbocycles. The number of aromatic nitrogens is 1. The lowest BCUT2D eigenvalue weighted by Gasteiger charge is -2.13. The van der Waals surface area contributed by atoms with E-state index in [-0.39, 0.29) is 17.3 Å². The molecule has 3 rings (SSSR count). The van der Waals surface area contributed by atoms with Crippen LogP contribution in [-0.2, 0) is 11.3 Å². The number of hydrogen-bond acceptors (Lipinski definition) is 5. The highest BCUT2D eigenvalue weighted by atomic mass is 32.2. The molecule has 2 aromatic rings. The van der Waals surface area contributed by atoms with E-state index in [4.69, 9.17) is 4.74 Å². The van der Waals surface area contributed by atoms with E-state index in [1.165, 1.54) is 0 Å². The summed E-state index contributed by atoms with van der Waals surface area (Å²) in [5, 5.41) is 6.46. The number of rotatable bonds is 5. The van der Waals surface area contributed by atoms with Gasteiger partial charge < -0.3 is 10.1 Å². The van der Waals surface area contributed by atoms with E-state index in [2.05, 4.69) is 15.6 Å². The van der Waals surface area contributed by atoms with Gasteiger partial charge in [0.2, 0.25) is 5.91 Å². The van der Waals surface area contributed by atoms with Crippen LogP contribution in [0.25, 0.3) is 0 Å². The lowest BCUT2D eigenvalue weighted by molar-refractivity contribution is -0.122. The maximum atomic E-state index is 12.3. The number of methoxy groups -OCH3 is 1. The molecule has 1 aliphatic rings. The zero-order valence-electron chi connectivity index (χ0n) is 12.9. The molecule has 0 spiro atoms. The van der Waals surface area contributed by atoms with Crippen molar-refractivity contribution in [1.82, 2.24) is 15.6 Å². The largest absolute Gasteiger partial charge is 0.497 e. The minimum atomic E-state index is -0.177. The van der Waals surface area contributed by atoms with Gasteiger partial charge in [-0.1, -0.05) is 18.2 Å². The van der Waals surface area contributed by atoms with Crippen molar-refractivity contribution in [3.63, 3.8) is 0 Å². The Balaban J connectivity index is 1.51. The van der Waals surface area contributed by atoms with Crippen molar-refractivity contribution in [2.75, 3.05) is 12.9 Å². The fourth-order valence-electron chi connectivity index (χ4n) is 2.40. The summed E-state index contributed by atoms with van der Waals surface area (Å²) in [6.45, 7) is 0.517. The second-order valence-corrected chi connectivity index (χ2v) is 6.42. The summed E-state index contributed by atoms with van der Waals surface area (Å²) in [6.07, 6.45) is 3.59. The third-order valence-corrected chi connectivity index (χ3v) is 4.98. The molecule has 120 valence electrons. The molecule has 0 radical (unpaired) electrons. The molecule has 1 aliphatic heterocycles. The first kappa shape index (κ1) is 15.8. The van der Waals surface area contributed by atoms with Gasteiger partial charge in [-0.2, -0.15) is 0 Å². The molecule has 2 N–H and O–H groups in total. The third kappa shape index (κ3) is 4.03. The summed E-state index contributed by atoms with van der Waals surface area (Å²) in [7, 11) is 1.64. The fourth-order valence-corrected chi connectivity index (χ4v) is 3.63. The minimum Gasteiger partial charge on any atom is -0.497 e. The SMILES string of the molecule is COc1ccc(CNC(=O)[C@@H]2CSC(c3cccnc3)N2)cc1. The lowest BCUT2D eigenvalue weighted by Crippen LogP contribution is -2.42. The van der Waals surface area contributed by atoms with Crippen molar-refractivity contribution in [2.45, 2.75) is 18.0 Å². The van der Waals surface area contributed by atoms with Gasteiger partial charge in [-0.3, -0.25) is 15.1 Å². The van der Waals surface area contributed by atoms with Crippen LogP contribution < -0.4 is 15.4 Å². The molecular formula is C17H19N3O2S. The fraction of sp³-hybridized carbons (Fsp3) is 0.294. The van der Waals surface area contributed by atoms with Crippen LogP contribution in [0.15, 0.2) is 48.8 Å². The second-order valence-electron chi connectivity index (χ2n) is 5.28. The molecule has 1 amide bonds. The monoisotopic (exact) mass is 329 g/mol. The number of nitrogens with zero attached hydrogens (tertiary/aromatic N) is 1. The van der Waals surface area contributed by atoms with Crippen LogP contribution in [0.5, 0.6) is 5.75 Å². The second kappa shape index (κ2) is 7.48. The van der Waals surface area contributed by atoms with Crippen LogP contribution >= 0.6 is 11.8 Å². The van der Waals surface area contributed by atoms with Gasteiger partial charge in [0.05, 0.1) is 18.5 Å². The van der Waals surface area contributed by atoms with Crippen molar-refractivity contribution in [2.24, 2.45) is 0 Å². The Labute approximate surface area is 139 Å². The first-order valence-electron chi connectivity index (χ1n) is 7.44. The Morgan fingerprint density at radius 2 is 2.22 bits per heavy atom. The number of ether oxygens (including phenoxy) is 1. The smallest absolute Gasteiger partial charge is 0.238 e. The summed E-state index contributed by atoms with van der Waals surface area (Å²) in [4.78, 5) is 16.4. The molecule has 1 aromatic heterocycles. The maximum Gasteiger partial charge on any atom is 0.238 e. The Kier molecular flexibility index (Phi) is 5.15. The van der Waals surface area contributed by atoms with Gasteiger partial charge in [-0.15, -0.1) is 11.8 Å². The zero-order chi connectivity index (χ0) is 16.1. The molecule has 5 nitrogen and oxygen atoms in total. The number of amides is 1. The molecule has 23 heavy (non-hydrogen) atoms. The van der Waals surface area contributed by atoms with Gasteiger partial charge in [-0.25, -0.2) is 0 Å². The number of carbonyl (C=O) groups is 1. The average molecular weight is 329 g/mol. The first-order chi connectivity index (χ1) is 11.3. The number of pyridine rings is 1. The Hall–Kier alpha value is -2.05. The van der Waals surface area contributed by atoms with Gasteiger partial charge in [0, 0.05) is 24.7 Å². The van der Waals surface area contributed by atoms with E-state index in [0.717, 1.165) is 22.6 Å². The summed E-state index contributed by atoms with van der Waals surface area (Å²) < 4.78 is 5.12. The van der Waals surface area contributed by atoms with E-state index in [0.29, 0.717) is 6.54 Å². The molecule has 2 heterocycles. The third-order valence-electron chi connectivity index (χ3n) is 3.71. The molecule has 1 aromatic carbocycles. The van der Waals surface area contributed by atoms with Crippen LogP contribution in [0.2, 0.25) is 0 Å². The molecule has 0 bridgehead atoms. The van der Waals surface area contributed by atoms with E-state index in [9.17, 15) is 4.79 Å². The van der Waals surface area contributed by atoms with Crippen molar-refractivity contribution >= 4 is 17.7 Å². The summed E-state index contributed by atoms with van der Waals surface area (Å²) in [5.41, 5.74) is 2.15.